The van der Waals surface area contributed by atoms with Crippen LogP contribution >= 0.6 is 11.3 Å². The van der Waals surface area contributed by atoms with E-state index in [2.05, 4.69) is 14.9 Å². The van der Waals surface area contributed by atoms with Crippen LogP contribution in [0, 0.1) is 0 Å². The second-order valence-corrected chi connectivity index (χ2v) is 8.13. The molecular formula is C15H21N3O2S2. The first-order valence-electron chi connectivity index (χ1n) is 6.98. The highest BCUT2D eigenvalue weighted by molar-refractivity contribution is 7.91. The predicted molar refractivity (Wildman–Crippen MR) is 91.8 cm³/mol. The number of thiophene rings is 1. The van der Waals surface area contributed by atoms with Crippen LogP contribution in [0.3, 0.4) is 0 Å². The van der Waals surface area contributed by atoms with Crippen molar-refractivity contribution in [3.63, 3.8) is 0 Å². The van der Waals surface area contributed by atoms with Crippen molar-refractivity contribution in [2.24, 2.45) is 0 Å². The Morgan fingerprint density at radius 2 is 1.86 bits per heavy atom. The van der Waals surface area contributed by atoms with Crippen LogP contribution < -0.4 is 10.0 Å². The quantitative estimate of drug-likeness (QED) is 0.774. The summed E-state index contributed by atoms with van der Waals surface area (Å²) in [5, 5.41) is 5.07. The van der Waals surface area contributed by atoms with E-state index in [9.17, 15) is 8.42 Å². The molecule has 0 saturated heterocycles. The van der Waals surface area contributed by atoms with Gasteiger partial charge in [0, 0.05) is 25.3 Å². The summed E-state index contributed by atoms with van der Waals surface area (Å²) in [5.41, 5.74) is 1.96. The fraction of sp³-hybridized carbons (Fsp3) is 0.333. The van der Waals surface area contributed by atoms with Gasteiger partial charge in [-0.25, -0.2) is 13.1 Å². The highest BCUT2D eigenvalue weighted by Crippen LogP contribution is 2.16. The zero-order chi connectivity index (χ0) is 16.0. The van der Waals surface area contributed by atoms with Gasteiger partial charge in [0.1, 0.15) is 4.21 Å². The van der Waals surface area contributed by atoms with Gasteiger partial charge < -0.3 is 10.2 Å². The molecule has 0 aliphatic rings. The van der Waals surface area contributed by atoms with Gasteiger partial charge in [0.15, 0.2) is 0 Å². The van der Waals surface area contributed by atoms with Crippen molar-refractivity contribution in [3.8, 4) is 0 Å². The molecule has 1 aromatic heterocycles. The molecule has 0 unspecified atom stereocenters. The normalized spacial score (nSPS) is 11.8. The largest absolute Gasteiger partial charge is 0.384 e. The fourth-order valence-electron chi connectivity index (χ4n) is 1.83. The Bertz CT molecular complexity index is 665. The number of hydrogen-bond acceptors (Lipinski definition) is 5. The summed E-state index contributed by atoms with van der Waals surface area (Å²) in [7, 11) is 0.663. The average Bonchev–Trinajstić information content (AvgIpc) is 3.01. The number of nitrogens with one attached hydrogen (secondary N) is 2. The van der Waals surface area contributed by atoms with Crippen LogP contribution in [0.5, 0.6) is 0 Å². The van der Waals surface area contributed by atoms with Crippen molar-refractivity contribution in [2.75, 3.05) is 32.5 Å². The highest BCUT2D eigenvalue weighted by Gasteiger charge is 2.14. The van der Waals surface area contributed by atoms with Gasteiger partial charge in [-0.3, -0.25) is 0 Å². The standard InChI is InChI=1S/C15H21N3O2S2/c1-18(2)10-9-16-14-7-5-13(6-8-14)12-17-22(19,20)15-4-3-11-21-15/h3-8,11,16-17H,9-10,12H2,1-2H3. The van der Waals surface area contributed by atoms with E-state index in [1.165, 1.54) is 11.3 Å². The molecule has 1 aromatic carbocycles. The maximum absolute atomic E-state index is 12.0. The predicted octanol–water partition coefficient (Wildman–Crippen LogP) is 2.20. The third-order valence-corrected chi connectivity index (χ3v) is 5.87. The molecule has 0 saturated carbocycles. The van der Waals surface area contributed by atoms with Gasteiger partial charge in [-0.1, -0.05) is 18.2 Å². The smallest absolute Gasteiger partial charge is 0.250 e. The minimum Gasteiger partial charge on any atom is -0.384 e. The van der Waals surface area contributed by atoms with Crippen LogP contribution in [0.25, 0.3) is 0 Å². The minimum atomic E-state index is -3.40. The third-order valence-electron chi connectivity index (χ3n) is 3.07. The summed E-state index contributed by atoms with van der Waals surface area (Å²) >= 11 is 1.21. The molecular weight excluding hydrogens is 318 g/mol. The molecule has 2 N–H and O–H groups in total. The lowest BCUT2D eigenvalue weighted by atomic mass is 10.2. The minimum absolute atomic E-state index is 0.290. The maximum atomic E-state index is 12.0. The lowest BCUT2D eigenvalue weighted by Gasteiger charge is -2.12. The molecule has 2 rings (SSSR count). The van der Waals surface area contributed by atoms with Crippen LogP contribution in [-0.2, 0) is 16.6 Å². The summed E-state index contributed by atoms with van der Waals surface area (Å²) < 4.78 is 27.0. The van der Waals surface area contributed by atoms with Crippen molar-refractivity contribution in [1.29, 1.82) is 0 Å². The number of sulfonamides is 1. The molecule has 0 amide bonds. The van der Waals surface area contributed by atoms with Crippen molar-refractivity contribution < 1.29 is 8.42 Å². The van der Waals surface area contributed by atoms with Crippen molar-refractivity contribution >= 4 is 27.0 Å². The van der Waals surface area contributed by atoms with E-state index >= 15 is 0 Å². The van der Waals surface area contributed by atoms with Crippen molar-refractivity contribution in [1.82, 2.24) is 9.62 Å². The van der Waals surface area contributed by atoms with Gasteiger partial charge in [0.2, 0.25) is 10.0 Å². The summed E-state index contributed by atoms with van der Waals surface area (Å²) in [6.07, 6.45) is 0. The maximum Gasteiger partial charge on any atom is 0.250 e. The van der Waals surface area contributed by atoms with Crippen LogP contribution in [0.2, 0.25) is 0 Å². The van der Waals surface area contributed by atoms with E-state index in [0.717, 1.165) is 24.3 Å². The SMILES string of the molecule is CN(C)CCNc1ccc(CNS(=O)(=O)c2cccs2)cc1. The molecule has 0 atom stereocenters. The number of likely N-dealkylation sites (N-methyl/N-ethyl adjacent to an activating group) is 1. The molecule has 0 aliphatic heterocycles. The zero-order valence-corrected chi connectivity index (χ0v) is 14.4. The zero-order valence-electron chi connectivity index (χ0n) is 12.7. The topological polar surface area (TPSA) is 61.4 Å². The number of anilines is 1. The summed E-state index contributed by atoms with van der Waals surface area (Å²) in [4.78, 5) is 2.11. The molecule has 0 aliphatic carbocycles. The second-order valence-electron chi connectivity index (χ2n) is 5.18. The fourth-order valence-corrected chi connectivity index (χ4v) is 3.89. The van der Waals surface area contributed by atoms with E-state index < -0.39 is 10.0 Å². The average molecular weight is 339 g/mol. The van der Waals surface area contributed by atoms with Gasteiger partial charge >= 0.3 is 0 Å². The molecule has 7 heteroatoms. The second kappa shape index (κ2) is 7.73. The lowest BCUT2D eigenvalue weighted by molar-refractivity contribution is 0.425. The Morgan fingerprint density at radius 3 is 2.45 bits per heavy atom. The van der Waals surface area contributed by atoms with Crippen molar-refractivity contribution in [3.05, 3.63) is 47.3 Å². The molecule has 0 spiro atoms. The summed E-state index contributed by atoms with van der Waals surface area (Å²) in [5.74, 6) is 0. The summed E-state index contributed by atoms with van der Waals surface area (Å²) in [6, 6.07) is 11.1. The molecule has 120 valence electrons. The molecule has 1 heterocycles. The van der Waals surface area contributed by atoms with Crippen LogP contribution in [-0.4, -0.2) is 40.5 Å². The van der Waals surface area contributed by atoms with E-state index in [1.807, 2.05) is 38.4 Å². The van der Waals surface area contributed by atoms with Gasteiger partial charge in [-0.2, -0.15) is 0 Å². The van der Waals surface area contributed by atoms with E-state index in [0.29, 0.717) is 4.21 Å². The highest BCUT2D eigenvalue weighted by atomic mass is 32.2. The first-order valence-corrected chi connectivity index (χ1v) is 9.34. The number of benzene rings is 1. The first-order chi connectivity index (χ1) is 10.5. The number of rotatable bonds is 8. The molecule has 5 nitrogen and oxygen atoms in total. The van der Waals surface area contributed by atoms with Crippen LogP contribution in [0.1, 0.15) is 5.56 Å². The van der Waals surface area contributed by atoms with Gasteiger partial charge in [0.05, 0.1) is 0 Å². The molecule has 0 radical (unpaired) electrons. The molecule has 2 aromatic rings. The van der Waals surface area contributed by atoms with E-state index in [1.54, 1.807) is 17.5 Å². The Morgan fingerprint density at radius 1 is 1.14 bits per heavy atom. The number of nitrogens with zero attached hydrogens (tertiary/aromatic N) is 1. The Hall–Kier alpha value is -1.41. The van der Waals surface area contributed by atoms with Crippen molar-refractivity contribution in [2.45, 2.75) is 10.8 Å². The van der Waals surface area contributed by atoms with Gasteiger partial charge in [-0.05, 0) is 43.2 Å². The van der Waals surface area contributed by atoms with Gasteiger partial charge in [-0.15, -0.1) is 11.3 Å². The third kappa shape index (κ3) is 5.10. The van der Waals surface area contributed by atoms with Gasteiger partial charge in [0.25, 0.3) is 0 Å². The number of hydrogen-bond donors (Lipinski definition) is 2. The Labute approximate surface area is 136 Å². The van der Waals surface area contributed by atoms with Crippen LogP contribution in [0.4, 0.5) is 5.69 Å². The Balaban J connectivity index is 1.86. The molecule has 0 bridgehead atoms. The molecule has 22 heavy (non-hydrogen) atoms. The summed E-state index contributed by atoms with van der Waals surface area (Å²) in [6.45, 7) is 2.12. The van der Waals surface area contributed by atoms with E-state index in [-0.39, 0.29) is 6.54 Å². The first kappa shape index (κ1) is 17.0. The monoisotopic (exact) mass is 339 g/mol. The van der Waals surface area contributed by atoms with Crippen LogP contribution in [0.15, 0.2) is 46.0 Å². The lowest BCUT2D eigenvalue weighted by Crippen LogP contribution is -2.22. The molecule has 0 fully saturated rings. The Kier molecular flexibility index (Phi) is 5.96. The van der Waals surface area contributed by atoms with E-state index in [4.69, 9.17) is 0 Å².